The van der Waals surface area contributed by atoms with Gasteiger partial charge in [0.15, 0.2) is 0 Å². The Labute approximate surface area is 88.4 Å². The number of hydrogen-bond acceptors (Lipinski definition) is 2. The van der Waals surface area contributed by atoms with Gasteiger partial charge in [-0.15, -0.1) is 0 Å². The molecule has 0 saturated carbocycles. The van der Waals surface area contributed by atoms with Gasteiger partial charge < -0.3 is 5.11 Å². The topological polar surface area (TPSA) is 37.5 Å². The van der Waals surface area contributed by atoms with Crippen LogP contribution in [0.25, 0.3) is 5.65 Å². The molecule has 3 nitrogen and oxygen atoms in total. The van der Waals surface area contributed by atoms with Gasteiger partial charge in [0.1, 0.15) is 5.65 Å². The van der Waals surface area contributed by atoms with E-state index in [0.29, 0.717) is 0 Å². The first-order valence-electron chi connectivity index (χ1n) is 4.93. The van der Waals surface area contributed by atoms with E-state index in [9.17, 15) is 0 Å². The maximum atomic E-state index is 8.62. The fourth-order valence-corrected chi connectivity index (χ4v) is 1.37. The summed E-state index contributed by atoms with van der Waals surface area (Å²) in [5.74, 6) is 6.10. The summed E-state index contributed by atoms with van der Waals surface area (Å²) in [6.07, 6.45) is 5.11. The third kappa shape index (κ3) is 2.17. The van der Waals surface area contributed by atoms with Gasteiger partial charge in [-0.1, -0.05) is 12.0 Å². The van der Waals surface area contributed by atoms with Gasteiger partial charge in [0.2, 0.25) is 0 Å². The molecule has 0 fully saturated rings. The van der Waals surface area contributed by atoms with Crippen molar-refractivity contribution in [3.05, 3.63) is 36.3 Å². The van der Waals surface area contributed by atoms with E-state index in [4.69, 9.17) is 5.11 Å². The lowest BCUT2D eigenvalue weighted by atomic mass is 10.3. The van der Waals surface area contributed by atoms with E-state index >= 15 is 0 Å². The maximum absolute atomic E-state index is 8.62. The predicted molar refractivity (Wildman–Crippen MR) is 58.4 cm³/mol. The zero-order chi connectivity index (χ0) is 10.5. The Hall–Kier alpha value is -1.79. The molecule has 0 aliphatic carbocycles. The van der Waals surface area contributed by atoms with Crippen LogP contribution >= 0.6 is 0 Å². The van der Waals surface area contributed by atoms with Gasteiger partial charge in [0.25, 0.3) is 0 Å². The van der Waals surface area contributed by atoms with Crippen LogP contribution in [-0.4, -0.2) is 21.1 Å². The first kappa shape index (κ1) is 9.75. The van der Waals surface area contributed by atoms with Gasteiger partial charge in [-0.25, -0.2) is 4.98 Å². The van der Waals surface area contributed by atoms with Gasteiger partial charge in [-0.3, -0.25) is 4.40 Å². The van der Waals surface area contributed by atoms with E-state index in [2.05, 4.69) is 16.8 Å². The molecule has 1 N–H and O–H groups in total. The van der Waals surface area contributed by atoms with E-state index in [1.54, 1.807) is 6.20 Å². The molecule has 0 radical (unpaired) electrons. The molecule has 0 aliphatic rings. The first-order valence-corrected chi connectivity index (χ1v) is 4.93. The van der Waals surface area contributed by atoms with E-state index in [1.807, 2.05) is 28.8 Å². The number of unbranched alkanes of at least 4 members (excludes halogenated alkanes) is 1. The molecule has 0 amide bonds. The Morgan fingerprint density at radius 2 is 2.33 bits per heavy atom. The summed E-state index contributed by atoms with van der Waals surface area (Å²) in [5.41, 5.74) is 1.84. The molecule has 0 aromatic carbocycles. The zero-order valence-electron chi connectivity index (χ0n) is 8.35. The Bertz CT molecular complexity index is 505. The molecule has 3 heteroatoms. The summed E-state index contributed by atoms with van der Waals surface area (Å²) in [6.45, 7) is 0.198. The molecule has 0 saturated heterocycles. The highest BCUT2D eigenvalue weighted by Gasteiger charge is 1.95. The van der Waals surface area contributed by atoms with Crippen molar-refractivity contribution in [3.8, 4) is 11.8 Å². The number of aliphatic hydroxyl groups is 1. The van der Waals surface area contributed by atoms with Crippen molar-refractivity contribution in [3.63, 3.8) is 0 Å². The van der Waals surface area contributed by atoms with Gasteiger partial charge >= 0.3 is 0 Å². The van der Waals surface area contributed by atoms with Gasteiger partial charge in [-0.05, 0) is 24.5 Å². The van der Waals surface area contributed by atoms with Crippen molar-refractivity contribution in [2.45, 2.75) is 12.8 Å². The van der Waals surface area contributed by atoms with Crippen LogP contribution in [0.3, 0.4) is 0 Å². The lowest BCUT2D eigenvalue weighted by Crippen LogP contribution is -1.89. The van der Waals surface area contributed by atoms with E-state index in [0.717, 1.165) is 24.2 Å². The van der Waals surface area contributed by atoms with Gasteiger partial charge in [-0.2, -0.15) is 0 Å². The number of nitrogens with zero attached hydrogens (tertiary/aromatic N) is 2. The minimum atomic E-state index is 0.198. The average molecular weight is 200 g/mol. The van der Waals surface area contributed by atoms with Crippen molar-refractivity contribution in [1.29, 1.82) is 0 Å². The van der Waals surface area contributed by atoms with Crippen molar-refractivity contribution < 1.29 is 5.11 Å². The standard InChI is InChI=1S/C12H12N2O/c15-10-3-1-2-5-11-6-4-7-12-13-8-9-14(11)12/h4,6-9,15H,1,3,10H2. The minimum absolute atomic E-state index is 0.198. The van der Waals surface area contributed by atoms with E-state index in [-0.39, 0.29) is 6.61 Å². The van der Waals surface area contributed by atoms with E-state index < -0.39 is 0 Å². The molecule has 2 rings (SSSR count). The number of aromatic nitrogens is 2. The quantitative estimate of drug-likeness (QED) is 0.588. The second kappa shape index (κ2) is 4.63. The summed E-state index contributed by atoms with van der Waals surface area (Å²) >= 11 is 0. The van der Waals surface area contributed by atoms with Crippen molar-refractivity contribution in [2.24, 2.45) is 0 Å². The molecule has 76 valence electrons. The molecule has 0 aliphatic heterocycles. The second-order valence-corrected chi connectivity index (χ2v) is 3.20. The highest BCUT2D eigenvalue weighted by atomic mass is 16.2. The largest absolute Gasteiger partial charge is 0.396 e. The normalized spacial score (nSPS) is 9.93. The zero-order valence-corrected chi connectivity index (χ0v) is 8.35. The number of pyridine rings is 1. The summed E-state index contributed by atoms with van der Waals surface area (Å²) in [7, 11) is 0. The number of imidazole rings is 1. The van der Waals surface area contributed by atoms with Crippen LogP contribution < -0.4 is 0 Å². The van der Waals surface area contributed by atoms with Crippen LogP contribution in [0.15, 0.2) is 30.6 Å². The van der Waals surface area contributed by atoms with Gasteiger partial charge in [0, 0.05) is 25.4 Å². The third-order valence-electron chi connectivity index (χ3n) is 2.10. The molecule has 15 heavy (non-hydrogen) atoms. The number of aliphatic hydroxyl groups excluding tert-OH is 1. The lowest BCUT2D eigenvalue weighted by Gasteiger charge is -1.96. The van der Waals surface area contributed by atoms with Crippen LogP contribution in [0.4, 0.5) is 0 Å². The summed E-state index contributed by atoms with van der Waals surface area (Å²) in [5, 5.41) is 8.62. The minimum Gasteiger partial charge on any atom is -0.396 e. The summed E-state index contributed by atoms with van der Waals surface area (Å²) < 4.78 is 1.95. The second-order valence-electron chi connectivity index (χ2n) is 3.20. The Kier molecular flexibility index (Phi) is 3.01. The van der Waals surface area contributed by atoms with E-state index in [1.165, 1.54) is 0 Å². The molecular weight excluding hydrogens is 188 g/mol. The van der Waals surface area contributed by atoms with Crippen LogP contribution in [0.2, 0.25) is 0 Å². The molecular formula is C12H12N2O. The monoisotopic (exact) mass is 200 g/mol. The molecule has 2 aromatic rings. The van der Waals surface area contributed by atoms with Crippen LogP contribution in [-0.2, 0) is 0 Å². The fourth-order valence-electron chi connectivity index (χ4n) is 1.37. The third-order valence-corrected chi connectivity index (χ3v) is 2.10. The predicted octanol–water partition coefficient (Wildman–Crippen LogP) is 1.46. The Morgan fingerprint density at radius 1 is 1.40 bits per heavy atom. The lowest BCUT2D eigenvalue weighted by molar-refractivity contribution is 0.290. The first-order chi connectivity index (χ1) is 7.42. The number of rotatable bonds is 2. The Morgan fingerprint density at radius 3 is 3.20 bits per heavy atom. The molecule has 0 spiro atoms. The van der Waals surface area contributed by atoms with Crippen molar-refractivity contribution in [2.75, 3.05) is 6.61 Å². The highest BCUT2D eigenvalue weighted by Crippen LogP contribution is 2.04. The Balaban J connectivity index is 2.26. The SMILES string of the molecule is OCCCC#Cc1cccc2nccn12. The molecule has 2 heterocycles. The fraction of sp³-hybridized carbons (Fsp3) is 0.250. The highest BCUT2D eigenvalue weighted by molar-refractivity contribution is 5.44. The van der Waals surface area contributed by atoms with Gasteiger partial charge in [0.05, 0.1) is 5.69 Å². The van der Waals surface area contributed by atoms with Crippen LogP contribution in [0.5, 0.6) is 0 Å². The summed E-state index contributed by atoms with van der Waals surface area (Å²) in [4.78, 5) is 4.18. The molecule has 2 aromatic heterocycles. The van der Waals surface area contributed by atoms with Crippen LogP contribution in [0.1, 0.15) is 18.5 Å². The van der Waals surface area contributed by atoms with Crippen molar-refractivity contribution in [1.82, 2.24) is 9.38 Å². The van der Waals surface area contributed by atoms with Crippen molar-refractivity contribution >= 4 is 5.65 Å². The van der Waals surface area contributed by atoms with Crippen LogP contribution in [0, 0.1) is 11.8 Å². The summed E-state index contributed by atoms with van der Waals surface area (Å²) in [6, 6.07) is 5.85. The number of hydrogen-bond donors (Lipinski definition) is 1. The molecule has 0 unspecified atom stereocenters. The maximum Gasteiger partial charge on any atom is 0.137 e. The molecule has 0 bridgehead atoms. The molecule has 0 atom stereocenters. The smallest absolute Gasteiger partial charge is 0.137 e. The average Bonchev–Trinajstić information content (AvgIpc) is 2.73. The number of fused-ring (bicyclic) bond motifs is 1.